The number of hydrogen-bond donors (Lipinski definition) is 0. The Morgan fingerprint density at radius 1 is 1.33 bits per heavy atom. The third-order valence-electron chi connectivity index (χ3n) is 2.27. The molecule has 2 heteroatoms. The second-order valence-corrected chi connectivity index (χ2v) is 3.29. The van der Waals surface area contributed by atoms with Gasteiger partial charge in [0.2, 0.25) is 0 Å². The maximum Gasteiger partial charge on any atom is 0.0594 e. The van der Waals surface area contributed by atoms with Crippen molar-refractivity contribution in [3.05, 3.63) is 6.42 Å². The molecule has 0 N–H and O–H groups in total. The van der Waals surface area contributed by atoms with E-state index in [0.29, 0.717) is 0 Å². The van der Waals surface area contributed by atoms with Gasteiger partial charge >= 0.3 is 0 Å². The van der Waals surface area contributed by atoms with Crippen LogP contribution >= 0.6 is 0 Å². The van der Waals surface area contributed by atoms with Crippen molar-refractivity contribution < 1.29 is 4.74 Å². The van der Waals surface area contributed by atoms with Gasteiger partial charge in [-0.15, -0.1) is 0 Å². The molecule has 0 aromatic heterocycles. The molecular weight excluding hydrogens is 150 g/mol. The van der Waals surface area contributed by atoms with Gasteiger partial charge in [-0.1, -0.05) is 13.3 Å². The topological polar surface area (TPSA) is 12.5 Å². The smallest absolute Gasteiger partial charge is 0.0594 e. The molecule has 71 valence electrons. The zero-order chi connectivity index (χ0) is 8.65. The third kappa shape index (κ3) is 4.07. The van der Waals surface area contributed by atoms with E-state index in [2.05, 4.69) is 18.2 Å². The molecule has 0 aromatic carbocycles. The number of hydrogen-bond acceptors (Lipinski definition) is 2. The molecule has 1 fully saturated rings. The summed E-state index contributed by atoms with van der Waals surface area (Å²) in [6.07, 6.45) is 6.16. The van der Waals surface area contributed by atoms with E-state index in [-0.39, 0.29) is 0 Å². The summed E-state index contributed by atoms with van der Waals surface area (Å²) in [7, 11) is 0. The zero-order valence-electron chi connectivity index (χ0n) is 8.09. The third-order valence-corrected chi connectivity index (χ3v) is 2.27. The molecule has 0 spiro atoms. The Morgan fingerprint density at radius 3 is 2.75 bits per heavy atom. The van der Waals surface area contributed by atoms with Crippen molar-refractivity contribution in [2.75, 3.05) is 32.8 Å². The molecule has 1 aliphatic heterocycles. The Hall–Kier alpha value is -0.0800. The van der Waals surface area contributed by atoms with Gasteiger partial charge in [-0.2, -0.15) is 0 Å². The molecular formula is C10H20NO. The van der Waals surface area contributed by atoms with Crippen LogP contribution in [0.5, 0.6) is 0 Å². The fourth-order valence-electron chi connectivity index (χ4n) is 1.49. The molecule has 1 aliphatic rings. The van der Waals surface area contributed by atoms with E-state index in [9.17, 15) is 0 Å². The van der Waals surface area contributed by atoms with Crippen LogP contribution in [0.25, 0.3) is 0 Å². The Morgan fingerprint density at radius 2 is 2.08 bits per heavy atom. The summed E-state index contributed by atoms with van der Waals surface area (Å²) in [5.74, 6) is 0. The first-order valence-corrected chi connectivity index (χ1v) is 5.05. The van der Waals surface area contributed by atoms with E-state index < -0.39 is 0 Å². The quantitative estimate of drug-likeness (QED) is 0.582. The molecule has 1 rings (SSSR count). The second-order valence-electron chi connectivity index (χ2n) is 3.29. The van der Waals surface area contributed by atoms with Gasteiger partial charge in [-0.05, 0) is 25.8 Å². The lowest BCUT2D eigenvalue weighted by Crippen LogP contribution is -2.36. The Balaban J connectivity index is 1.91. The summed E-state index contributed by atoms with van der Waals surface area (Å²) >= 11 is 0. The molecule has 0 saturated carbocycles. The summed E-state index contributed by atoms with van der Waals surface area (Å²) < 4.78 is 5.28. The molecule has 0 aromatic rings. The molecule has 0 aliphatic carbocycles. The lowest BCUT2D eigenvalue weighted by atomic mass is 10.2. The van der Waals surface area contributed by atoms with Crippen LogP contribution in [0.3, 0.4) is 0 Å². The van der Waals surface area contributed by atoms with Crippen molar-refractivity contribution in [3.63, 3.8) is 0 Å². The van der Waals surface area contributed by atoms with Gasteiger partial charge in [0.15, 0.2) is 0 Å². The maximum atomic E-state index is 5.28. The number of rotatable bonds is 5. The van der Waals surface area contributed by atoms with Crippen LogP contribution in [-0.4, -0.2) is 37.7 Å². The van der Waals surface area contributed by atoms with E-state index in [1.54, 1.807) is 0 Å². The lowest BCUT2D eigenvalue weighted by molar-refractivity contribution is 0.0374. The van der Waals surface area contributed by atoms with Crippen molar-refractivity contribution in [1.82, 2.24) is 4.90 Å². The van der Waals surface area contributed by atoms with Gasteiger partial charge in [0.25, 0.3) is 0 Å². The second kappa shape index (κ2) is 6.44. The van der Waals surface area contributed by atoms with Crippen LogP contribution in [-0.2, 0) is 4.74 Å². The molecule has 1 radical (unpaired) electrons. The standard InChI is InChI=1S/C10H20NO/c1-2-3-4-5-6-11-7-9-12-10-8-11/h3H,2,4-10H2,1H3. The van der Waals surface area contributed by atoms with Gasteiger partial charge in [-0.3, -0.25) is 4.90 Å². The van der Waals surface area contributed by atoms with Gasteiger partial charge < -0.3 is 4.74 Å². The fourth-order valence-corrected chi connectivity index (χ4v) is 1.49. The first-order valence-electron chi connectivity index (χ1n) is 5.05. The Kier molecular flexibility index (Phi) is 5.37. The number of ether oxygens (including phenoxy) is 1. The minimum Gasteiger partial charge on any atom is -0.379 e. The van der Waals surface area contributed by atoms with E-state index >= 15 is 0 Å². The van der Waals surface area contributed by atoms with Crippen molar-refractivity contribution in [3.8, 4) is 0 Å². The molecule has 0 bridgehead atoms. The Labute approximate surface area is 75.9 Å². The van der Waals surface area contributed by atoms with Crippen molar-refractivity contribution in [2.24, 2.45) is 0 Å². The predicted molar refractivity (Wildman–Crippen MR) is 51.1 cm³/mol. The highest BCUT2D eigenvalue weighted by atomic mass is 16.5. The lowest BCUT2D eigenvalue weighted by Gasteiger charge is -2.26. The molecule has 2 nitrogen and oxygen atoms in total. The van der Waals surface area contributed by atoms with Crippen LogP contribution in [0.4, 0.5) is 0 Å². The molecule has 0 amide bonds. The van der Waals surface area contributed by atoms with Crippen LogP contribution in [0.2, 0.25) is 0 Å². The average Bonchev–Trinajstić information content (AvgIpc) is 2.14. The number of morpholine rings is 1. The summed E-state index contributed by atoms with van der Waals surface area (Å²) in [6.45, 7) is 7.57. The van der Waals surface area contributed by atoms with Gasteiger partial charge in [0.1, 0.15) is 0 Å². The minimum atomic E-state index is 0.928. The van der Waals surface area contributed by atoms with E-state index in [0.717, 1.165) is 26.3 Å². The van der Waals surface area contributed by atoms with E-state index in [4.69, 9.17) is 4.74 Å². The number of unbranched alkanes of at least 4 members (excludes halogenated alkanes) is 3. The summed E-state index contributed by atoms with van der Waals surface area (Å²) in [5.41, 5.74) is 0. The summed E-state index contributed by atoms with van der Waals surface area (Å²) in [5, 5.41) is 0. The highest BCUT2D eigenvalue weighted by Crippen LogP contribution is 2.02. The average molecular weight is 170 g/mol. The van der Waals surface area contributed by atoms with Crippen LogP contribution in [0.15, 0.2) is 0 Å². The van der Waals surface area contributed by atoms with Gasteiger partial charge in [0.05, 0.1) is 13.2 Å². The first-order chi connectivity index (χ1) is 5.93. The SMILES string of the molecule is CC[CH]CCCN1CCOCC1. The van der Waals surface area contributed by atoms with Crippen molar-refractivity contribution in [1.29, 1.82) is 0 Å². The molecule has 1 saturated heterocycles. The zero-order valence-corrected chi connectivity index (χ0v) is 8.09. The van der Waals surface area contributed by atoms with Crippen LogP contribution < -0.4 is 0 Å². The van der Waals surface area contributed by atoms with E-state index in [1.807, 2.05) is 0 Å². The minimum absolute atomic E-state index is 0.928. The summed E-state index contributed by atoms with van der Waals surface area (Å²) in [4.78, 5) is 2.49. The molecule has 1 heterocycles. The van der Waals surface area contributed by atoms with Crippen LogP contribution in [0.1, 0.15) is 26.2 Å². The molecule has 0 unspecified atom stereocenters. The molecule has 12 heavy (non-hydrogen) atoms. The van der Waals surface area contributed by atoms with Crippen molar-refractivity contribution >= 4 is 0 Å². The monoisotopic (exact) mass is 170 g/mol. The normalized spacial score (nSPS) is 19.8. The predicted octanol–water partition coefficient (Wildman–Crippen LogP) is 1.71. The van der Waals surface area contributed by atoms with E-state index in [1.165, 1.54) is 25.8 Å². The number of nitrogens with zero attached hydrogens (tertiary/aromatic N) is 1. The van der Waals surface area contributed by atoms with Crippen LogP contribution in [0, 0.1) is 6.42 Å². The highest BCUT2D eigenvalue weighted by molar-refractivity contribution is 4.66. The van der Waals surface area contributed by atoms with Crippen molar-refractivity contribution in [2.45, 2.75) is 26.2 Å². The maximum absolute atomic E-state index is 5.28. The highest BCUT2D eigenvalue weighted by Gasteiger charge is 2.08. The fraction of sp³-hybridized carbons (Fsp3) is 0.900. The van der Waals surface area contributed by atoms with Gasteiger partial charge in [-0.25, -0.2) is 0 Å². The molecule has 0 atom stereocenters. The van der Waals surface area contributed by atoms with Gasteiger partial charge in [0, 0.05) is 13.1 Å². The first kappa shape index (κ1) is 10.0. The largest absolute Gasteiger partial charge is 0.379 e. The Bertz CT molecular complexity index is 100. The summed E-state index contributed by atoms with van der Waals surface area (Å²) in [6, 6.07) is 0.